The van der Waals surface area contributed by atoms with Gasteiger partial charge in [-0.15, -0.1) is 0 Å². The van der Waals surface area contributed by atoms with Gasteiger partial charge in [0.15, 0.2) is 0 Å². The third-order valence-corrected chi connectivity index (χ3v) is 4.50. The first kappa shape index (κ1) is 10.5. The van der Waals surface area contributed by atoms with E-state index < -0.39 is 11.5 Å². The fraction of sp³-hybridized carbons (Fsp3) is 0.917. The van der Waals surface area contributed by atoms with Crippen LogP contribution in [0.1, 0.15) is 46.5 Å². The molecule has 4 nitrogen and oxygen atoms in total. The predicted octanol–water partition coefficient (Wildman–Crippen LogP) is 0.866. The zero-order valence-corrected chi connectivity index (χ0v) is 10.2. The molecule has 4 bridgehead atoms. The van der Waals surface area contributed by atoms with E-state index in [-0.39, 0.29) is 16.6 Å². The molecule has 0 aromatic heterocycles. The van der Waals surface area contributed by atoms with Crippen LogP contribution in [0.2, 0.25) is 0 Å². The Balaban J connectivity index is 2.11. The summed E-state index contributed by atoms with van der Waals surface area (Å²) in [6.07, 6.45) is 3.43. The van der Waals surface area contributed by atoms with E-state index in [0.717, 1.165) is 12.8 Å². The number of carbonyl (C=O) groups is 1. The Labute approximate surface area is 95.8 Å². The molecule has 4 rings (SSSR count). The van der Waals surface area contributed by atoms with E-state index in [1.807, 2.05) is 0 Å². The van der Waals surface area contributed by atoms with Crippen molar-refractivity contribution in [3.63, 3.8) is 0 Å². The summed E-state index contributed by atoms with van der Waals surface area (Å²) >= 11 is 0. The number of piperidine rings is 4. The minimum absolute atomic E-state index is 0.0242. The topological polar surface area (TPSA) is 61.4 Å². The van der Waals surface area contributed by atoms with Gasteiger partial charge in [-0.1, -0.05) is 0 Å². The second-order valence-corrected chi connectivity index (χ2v) is 7.03. The van der Waals surface area contributed by atoms with Crippen molar-refractivity contribution < 1.29 is 9.90 Å². The van der Waals surface area contributed by atoms with E-state index >= 15 is 0 Å². The molecule has 4 aliphatic heterocycles. The van der Waals surface area contributed by atoms with Crippen molar-refractivity contribution in [3.8, 4) is 0 Å². The number of nitrogens with one attached hydrogen (secondary N) is 2. The average Bonchev–Trinajstić information content (AvgIpc) is 1.92. The van der Waals surface area contributed by atoms with Crippen molar-refractivity contribution >= 4 is 5.97 Å². The Morgan fingerprint density at radius 2 is 1.38 bits per heavy atom. The molecule has 0 radical (unpaired) electrons. The highest BCUT2D eigenvalue weighted by Crippen LogP contribution is 2.53. The van der Waals surface area contributed by atoms with Gasteiger partial charge in [-0.3, -0.25) is 10.1 Å². The van der Waals surface area contributed by atoms with E-state index in [0.29, 0.717) is 12.8 Å². The van der Waals surface area contributed by atoms with Gasteiger partial charge in [0, 0.05) is 16.6 Å². The Morgan fingerprint density at radius 3 is 1.75 bits per heavy atom. The summed E-state index contributed by atoms with van der Waals surface area (Å²) in [4.78, 5) is 11.6. The smallest absolute Gasteiger partial charge is 0.324 e. The fourth-order valence-corrected chi connectivity index (χ4v) is 5.17. The maximum Gasteiger partial charge on any atom is 0.324 e. The average molecular weight is 224 g/mol. The van der Waals surface area contributed by atoms with Gasteiger partial charge >= 0.3 is 5.97 Å². The van der Waals surface area contributed by atoms with Crippen LogP contribution in [-0.4, -0.2) is 33.2 Å². The third-order valence-electron chi connectivity index (χ3n) is 4.50. The Hall–Kier alpha value is -0.610. The standard InChI is InChI=1S/C12H20N2O2/c1-9-4-10(2)6-12(14-9,8(15)16)7-11(3,5-9)13-10/h13-14H,4-7H2,1-3H3,(H,15,16). The summed E-state index contributed by atoms with van der Waals surface area (Å²) in [6, 6.07) is 0. The Bertz CT molecular complexity index is 326. The van der Waals surface area contributed by atoms with Crippen molar-refractivity contribution in [1.29, 1.82) is 0 Å². The van der Waals surface area contributed by atoms with Gasteiger partial charge in [-0.25, -0.2) is 0 Å². The summed E-state index contributed by atoms with van der Waals surface area (Å²) in [7, 11) is 0. The van der Waals surface area contributed by atoms with Crippen LogP contribution in [0, 0.1) is 0 Å². The summed E-state index contributed by atoms with van der Waals surface area (Å²) in [5.74, 6) is -0.683. The summed E-state index contributed by atoms with van der Waals surface area (Å²) in [5, 5.41) is 16.6. The highest BCUT2D eigenvalue weighted by molar-refractivity contribution is 5.80. The third kappa shape index (κ3) is 1.20. The molecule has 4 saturated heterocycles. The highest BCUT2D eigenvalue weighted by Gasteiger charge is 2.66. The van der Waals surface area contributed by atoms with Crippen LogP contribution in [-0.2, 0) is 4.79 Å². The molecule has 16 heavy (non-hydrogen) atoms. The summed E-state index contributed by atoms with van der Waals surface area (Å²) in [5.41, 5.74) is -0.781. The molecule has 0 saturated carbocycles. The van der Waals surface area contributed by atoms with E-state index in [1.54, 1.807) is 0 Å². The maximum atomic E-state index is 11.6. The van der Waals surface area contributed by atoms with Crippen LogP contribution in [0.4, 0.5) is 0 Å². The monoisotopic (exact) mass is 224 g/mol. The zero-order chi connectivity index (χ0) is 11.8. The molecule has 4 heteroatoms. The van der Waals surface area contributed by atoms with Crippen molar-refractivity contribution in [3.05, 3.63) is 0 Å². The lowest BCUT2D eigenvalue weighted by atomic mass is 9.54. The lowest BCUT2D eigenvalue weighted by Crippen LogP contribution is -2.85. The molecule has 0 aliphatic carbocycles. The number of carboxylic acid groups (broad SMARTS) is 1. The fourth-order valence-electron chi connectivity index (χ4n) is 5.17. The second-order valence-electron chi connectivity index (χ2n) is 7.03. The number of hydrogen-bond acceptors (Lipinski definition) is 3. The summed E-state index contributed by atoms with van der Waals surface area (Å²) < 4.78 is 0. The predicted molar refractivity (Wildman–Crippen MR) is 60.3 cm³/mol. The lowest BCUT2D eigenvalue weighted by molar-refractivity contribution is -0.164. The lowest BCUT2D eigenvalue weighted by Gasteiger charge is -2.68. The maximum absolute atomic E-state index is 11.6. The Morgan fingerprint density at radius 1 is 0.938 bits per heavy atom. The van der Waals surface area contributed by atoms with E-state index in [1.165, 1.54) is 0 Å². The molecule has 90 valence electrons. The molecule has 0 aromatic carbocycles. The number of rotatable bonds is 1. The van der Waals surface area contributed by atoms with Gasteiger partial charge in [-0.2, -0.15) is 0 Å². The van der Waals surface area contributed by atoms with Gasteiger partial charge in [0.05, 0.1) is 0 Å². The highest BCUT2D eigenvalue weighted by atomic mass is 16.4. The van der Waals surface area contributed by atoms with Crippen LogP contribution in [0.5, 0.6) is 0 Å². The van der Waals surface area contributed by atoms with E-state index in [4.69, 9.17) is 0 Å². The molecule has 0 aromatic rings. The first-order valence-corrected chi connectivity index (χ1v) is 6.01. The zero-order valence-electron chi connectivity index (χ0n) is 10.2. The van der Waals surface area contributed by atoms with Gasteiger partial charge < -0.3 is 10.4 Å². The van der Waals surface area contributed by atoms with Crippen molar-refractivity contribution in [2.45, 2.75) is 68.6 Å². The molecule has 2 atom stereocenters. The van der Waals surface area contributed by atoms with Crippen LogP contribution in [0.15, 0.2) is 0 Å². The molecular formula is C12H20N2O2. The number of aliphatic carboxylic acids is 1. The molecule has 4 aliphatic rings. The van der Waals surface area contributed by atoms with Crippen LogP contribution in [0.25, 0.3) is 0 Å². The van der Waals surface area contributed by atoms with Crippen molar-refractivity contribution in [2.24, 2.45) is 0 Å². The first-order valence-electron chi connectivity index (χ1n) is 6.01. The second kappa shape index (κ2) is 2.46. The quantitative estimate of drug-likeness (QED) is 0.618. The largest absolute Gasteiger partial charge is 0.480 e. The molecule has 0 spiro atoms. The van der Waals surface area contributed by atoms with Gasteiger partial charge in [-0.05, 0) is 46.5 Å². The minimum Gasteiger partial charge on any atom is -0.480 e. The Kier molecular flexibility index (Phi) is 1.62. The van der Waals surface area contributed by atoms with Gasteiger partial charge in [0.1, 0.15) is 5.54 Å². The SMILES string of the molecule is CC12CC3(C)CC(C)(CC(C(=O)O)(C1)N3)N2. The minimum atomic E-state index is -0.708. The molecule has 3 N–H and O–H groups in total. The van der Waals surface area contributed by atoms with Crippen LogP contribution in [0.3, 0.4) is 0 Å². The molecule has 2 unspecified atom stereocenters. The van der Waals surface area contributed by atoms with E-state index in [2.05, 4.69) is 31.4 Å². The summed E-state index contributed by atoms with van der Waals surface area (Å²) in [6.45, 7) is 6.50. The molecule has 0 amide bonds. The number of carboxylic acids is 1. The normalized spacial score (nSPS) is 58.9. The molecule has 4 fully saturated rings. The van der Waals surface area contributed by atoms with Crippen molar-refractivity contribution in [1.82, 2.24) is 10.6 Å². The van der Waals surface area contributed by atoms with E-state index in [9.17, 15) is 9.90 Å². The van der Waals surface area contributed by atoms with Crippen molar-refractivity contribution in [2.75, 3.05) is 0 Å². The first-order chi connectivity index (χ1) is 7.19. The van der Waals surface area contributed by atoms with Gasteiger partial charge in [0.25, 0.3) is 0 Å². The van der Waals surface area contributed by atoms with Crippen LogP contribution < -0.4 is 10.6 Å². The van der Waals surface area contributed by atoms with Crippen LogP contribution >= 0.6 is 0 Å². The molecule has 4 heterocycles. The molecular weight excluding hydrogens is 204 g/mol. The number of hydrogen-bond donors (Lipinski definition) is 3. The van der Waals surface area contributed by atoms with Gasteiger partial charge in [0.2, 0.25) is 0 Å².